The quantitative estimate of drug-likeness (QED) is 0.249. The van der Waals surface area contributed by atoms with Crippen molar-refractivity contribution in [1.82, 2.24) is 19.5 Å². The Hall–Kier alpha value is -3.53. The highest BCUT2D eigenvalue weighted by Crippen LogP contribution is 2.34. The van der Waals surface area contributed by atoms with Gasteiger partial charge in [0, 0.05) is 6.54 Å². The van der Waals surface area contributed by atoms with E-state index < -0.39 is 0 Å². The number of anilines is 2. The van der Waals surface area contributed by atoms with Crippen LogP contribution in [-0.2, 0) is 17.7 Å². The molecule has 6 N–H and O–H groups in total. The summed E-state index contributed by atoms with van der Waals surface area (Å²) in [7, 11) is 0. The van der Waals surface area contributed by atoms with Gasteiger partial charge in [0.1, 0.15) is 12.6 Å². The zero-order valence-corrected chi connectivity index (χ0v) is 20.3. The third-order valence-electron chi connectivity index (χ3n) is 6.67. The number of unbranched alkanes of at least 4 members (excludes halogenated alkanes) is 1. The van der Waals surface area contributed by atoms with Gasteiger partial charge in [-0.05, 0) is 60.9 Å². The molecule has 3 heterocycles. The minimum atomic E-state index is -0.275. The van der Waals surface area contributed by atoms with Crippen LogP contribution >= 0.6 is 0 Å². The summed E-state index contributed by atoms with van der Waals surface area (Å²) in [6.07, 6.45) is 5.71. The fraction of sp³-hybridized carbons (Fsp3) is 0.370. The number of aliphatic hydroxyl groups excluding tert-OH is 1. The Labute approximate surface area is 210 Å². The molecule has 9 heteroatoms. The van der Waals surface area contributed by atoms with Crippen LogP contribution in [0, 0.1) is 0 Å². The Balaban J connectivity index is 1.32. The number of aliphatic hydroxyl groups is 1. The van der Waals surface area contributed by atoms with Gasteiger partial charge in [0.2, 0.25) is 5.95 Å². The van der Waals surface area contributed by atoms with Crippen LogP contribution in [0.4, 0.5) is 11.8 Å². The molecular weight excluding hydrogens is 454 g/mol. The van der Waals surface area contributed by atoms with Crippen LogP contribution in [0.15, 0.2) is 54.9 Å². The second-order valence-corrected chi connectivity index (χ2v) is 9.21. The first kappa shape index (κ1) is 24.2. The van der Waals surface area contributed by atoms with Gasteiger partial charge in [-0.15, -0.1) is 0 Å². The van der Waals surface area contributed by atoms with Crippen molar-refractivity contribution < 1.29 is 9.84 Å². The van der Waals surface area contributed by atoms with Gasteiger partial charge in [-0.1, -0.05) is 48.5 Å². The van der Waals surface area contributed by atoms with Crippen LogP contribution in [0.5, 0.6) is 0 Å². The summed E-state index contributed by atoms with van der Waals surface area (Å²) in [5.74, 6) is 0.947. The van der Waals surface area contributed by atoms with E-state index in [4.69, 9.17) is 16.2 Å². The normalized spacial score (nSPS) is 17.6. The number of nitrogens with zero attached hydrogens (tertiary/aromatic N) is 4. The number of rotatable bonds is 10. The molecule has 2 atom stereocenters. The van der Waals surface area contributed by atoms with E-state index in [1.807, 2.05) is 4.57 Å². The molecule has 0 saturated carbocycles. The van der Waals surface area contributed by atoms with Crippen molar-refractivity contribution >= 4 is 22.9 Å². The lowest BCUT2D eigenvalue weighted by molar-refractivity contribution is -0.0197. The van der Waals surface area contributed by atoms with Gasteiger partial charge in [-0.2, -0.15) is 0 Å². The number of nitrogens with one attached hydrogen (secondary N) is 1. The second-order valence-electron chi connectivity index (χ2n) is 9.21. The molecule has 0 unspecified atom stereocenters. The van der Waals surface area contributed by atoms with Crippen LogP contribution < -0.4 is 16.8 Å². The lowest BCUT2D eigenvalue weighted by Crippen LogP contribution is -2.17. The molecule has 9 nitrogen and oxygen atoms in total. The maximum absolute atomic E-state index is 9.51. The number of ether oxygens (including phenoxy) is 1. The molecule has 36 heavy (non-hydrogen) atoms. The van der Waals surface area contributed by atoms with E-state index in [2.05, 4.69) is 68.8 Å². The fourth-order valence-electron chi connectivity index (χ4n) is 4.71. The molecule has 2 aromatic carbocycles. The third-order valence-corrected chi connectivity index (χ3v) is 6.67. The summed E-state index contributed by atoms with van der Waals surface area (Å²) < 4.78 is 7.95. The number of hydrogen-bond acceptors (Lipinski definition) is 8. The first-order valence-electron chi connectivity index (χ1n) is 12.5. The molecule has 1 aliphatic heterocycles. The number of imidazole rings is 1. The average Bonchev–Trinajstić information content (AvgIpc) is 3.53. The van der Waals surface area contributed by atoms with Crippen LogP contribution in [0.2, 0.25) is 0 Å². The molecule has 0 spiro atoms. The van der Waals surface area contributed by atoms with Crippen molar-refractivity contribution in [3.05, 3.63) is 66.0 Å². The Morgan fingerprint density at radius 3 is 2.67 bits per heavy atom. The standard InChI is InChI=1S/C27H33N7O2/c28-13-2-1-4-18-5-3-6-21(14-18)20-9-7-19(8-10-20)15-30-27-33-24-25(29)31-17-32-26(24)34(27)23-12-11-22(16-35)36-23/h3,5-10,14,17,22-23,35H,1-2,4,11-13,15-16,28H2,(H,30,33)(H2,29,31,32)/t22-,23+/m0/s1. The average molecular weight is 488 g/mol. The van der Waals surface area contributed by atoms with Crippen LogP contribution in [0.1, 0.15) is 43.0 Å². The molecule has 188 valence electrons. The lowest BCUT2D eigenvalue weighted by Gasteiger charge is -2.17. The summed E-state index contributed by atoms with van der Waals surface area (Å²) >= 11 is 0. The van der Waals surface area contributed by atoms with Crippen LogP contribution in [0.3, 0.4) is 0 Å². The minimum Gasteiger partial charge on any atom is -0.394 e. The smallest absolute Gasteiger partial charge is 0.207 e. The van der Waals surface area contributed by atoms with Gasteiger partial charge in [0.25, 0.3) is 0 Å². The molecule has 1 fully saturated rings. The zero-order valence-electron chi connectivity index (χ0n) is 20.3. The molecule has 2 aromatic heterocycles. The number of hydrogen-bond donors (Lipinski definition) is 4. The SMILES string of the molecule is NCCCCc1cccc(-c2ccc(CNc3nc4c(N)ncnc4n3[C@H]3CC[C@@H](CO)O3)cc2)c1. The van der Waals surface area contributed by atoms with Crippen LogP contribution in [-0.4, -0.2) is 43.9 Å². The van der Waals surface area contributed by atoms with E-state index in [9.17, 15) is 5.11 Å². The highest BCUT2D eigenvalue weighted by Gasteiger charge is 2.30. The van der Waals surface area contributed by atoms with E-state index >= 15 is 0 Å². The summed E-state index contributed by atoms with van der Waals surface area (Å²) in [5.41, 5.74) is 17.7. The van der Waals surface area contributed by atoms with Crippen molar-refractivity contribution in [2.45, 2.75) is 51.0 Å². The molecule has 0 aliphatic carbocycles. The molecule has 4 aromatic rings. The first-order chi connectivity index (χ1) is 17.7. The Morgan fingerprint density at radius 1 is 1.03 bits per heavy atom. The van der Waals surface area contributed by atoms with E-state index in [0.717, 1.165) is 44.2 Å². The summed E-state index contributed by atoms with van der Waals surface area (Å²) in [6.45, 7) is 1.31. The number of nitrogen functional groups attached to an aromatic ring is 1. The van der Waals surface area contributed by atoms with Gasteiger partial charge in [0.05, 0.1) is 12.7 Å². The highest BCUT2D eigenvalue weighted by atomic mass is 16.5. The summed E-state index contributed by atoms with van der Waals surface area (Å²) in [4.78, 5) is 13.2. The topological polar surface area (TPSA) is 137 Å². The van der Waals surface area contributed by atoms with Gasteiger partial charge in [-0.3, -0.25) is 4.57 Å². The number of fused-ring (bicyclic) bond motifs is 1. The predicted molar refractivity (Wildman–Crippen MR) is 141 cm³/mol. The van der Waals surface area contributed by atoms with Gasteiger partial charge >= 0.3 is 0 Å². The van der Waals surface area contributed by atoms with Crippen LogP contribution in [0.25, 0.3) is 22.3 Å². The van der Waals surface area contributed by atoms with Gasteiger partial charge in [-0.25, -0.2) is 15.0 Å². The third kappa shape index (κ3) is 5.18. The highest BCUT2D eigenvalue weighted by molar-refractivity contribution is 5.84. The maximum Gasteiger partial charge on any atom is 0.207 e. The molecule has 0 radical (unpaired) electrons. The van der Waals surface area contributed by atoms with Gasteiger partial charge in [0.15, 0.2) is 17.0 Å². The van der Waals surface area contributed by atoms with E-state index in [-0.39, 0.29) is 18.9 Å². The van der Waals surface area contributed by atoms with Crippen molar-refractivity contribution in [2.24, 2.45) is 5.73 Å². The molecule has 5 rings (SSSR count). The fourth-order valence-corrected chi connectivity index (χ4v) is 4.71. The number of aryl methyl sites for hydroxylation is 1. The summed E-state index contributed by atoms with van der Waals surface area (Å²) in [5, 5.41) is 12.9. The van der Waals surface area contributed by atoms with Gasteiger partial charge < -0.3 is 26.6 Å². The maximum atomic E-state index is 9.51. The van der Waals surface area contributed by atoms with E-state index in [0.29, 0.717) is 29.5 Å². The predicted octanol–water partition coefficient (Wildman–Crippen LogP) is 3.64. The molecule has 0 bridgehead atoms. The zero-order chi connectivity index (χ0) is 24.9. The molecular formula is C27H33N7O2. The Kier molecular flexibility index (Phi) is 7.41. The van der Waals surface area contributed by atoms with Crippen molar-refractivity contribution in [3.63, 3.8) is 0 Å². The number of benzene rings is 2. The first-order valence-corrected chi connectivity index (χ1v) is 12.5. The monoisotopic (exact) mass is 487 g/mol. The van der Waals surface area contributed by atoms with Crippen molar-refractivity contribution in [3.8, 4) is 11.1 Å². The number of aromatic nitrogens is 4. The molecule has 0 amide bonds. The van der Waals surface area contributed by atoms with Crippen molar-refractivity contribution in [2.75, 3.05) is 24.2 Å². The minimum absolute atomic E-state index is 0.00797. The van der Waals surface area contributed by atoms with Crippen molar-refractivity contribution in [1.29, 1.82) is 0 Å². The Morgan fingerprint density at radius 2 is 1.89 bits per heavy atom. The van der Waals surface area contributed by atoms with E-state index in [1.165, 1.54) is 23.0 Å². The van der Waals surface area contributed by atoms with E-state index in [1.54, 1.807) is 0 Å². The molecule has 1 saturated heterocycles. The summed E-state index contributed by atoms with van der Waals surface area (Å²) in [6, 6.07) is 17.2. The largest absolute Gasteiger partial charge is 0.394 e. The molecule has 1 aliphatic rings. The number of nitrogens with two attached hydrogens (primary N) is 2. The Bertz CT molecular complexity index is 1310. The second kappa shape index (κ2) is 11.0. The lowest BCUT2D eigenvalue weighted by atomic mass is 9.99.